The predicted octanol–water partition coefficient (Wildman–Crippen LogP) is 11.5. The number of ether oxygens (including phenoxy) is 3. The lowest BCUT2D eigenvalue weighted by Gasteiger charge is -2.31. The molecule has 10 nitrogen and oxygen atoms in total. The summed E-state index contributed by atoms with van der Waals surface area (Å²) in [7, 11) is -3.13. The fourth-order valence-corrected chi connectivity index (χ4v) is 7.05. The lowest BCUT2D eigenvalue weighted by atomic mass is 10.0. The van der Waals surface area contributed by atoms with E-state index in [2.05, 4.69) is 54.0 Å². The molecule has 5 rings (SSSR count). The molecule has 0 unspecified atom stereocenters. The molecule has 272 valence electrons. The van der Waals surface area contributed by atoms with Gasteiger partial charge in [-0.05, 0) is 127 Å². The molecule has 0 bridgehead atoms. The second-order valence-electron chi connectivity index (χ2n) is 12.4. The van der Waals surface area contributed by atoms with Crippen LogP contribution < -0.4 is 9.47 Å². The summed E-state index contributed by atoms with van der Waals surface area (Å²) < 4.78 is 42.0. The number of halogens is 2. The van der Waals surface area contributed by atoms with Gasteiger partial charge < -0.3 is 28.2 Å². The monoisotopic (exact) mass is 843 g/mol. The Labute approximate surface area is 317 Å². The van der Waals surface area contributed by atoms with Gasteiger partial charge in [-0.15, -0.1) is 0 Å². The van der Waals surface area contributed by atoms with Crippen molar-refractivity contribution in [1.82, 2.24) is 14.9 Å². The maximum absolute atomic E-state index is 12.6. The highest BCUT2D eigenvalue weighted by atomic mass is 79.9. The highest BCUT2D eigenvalue weighted by Crippen LogP contribution is 2.51. The van der Waals surface area contributed by atoms with Crippen molar-refractivity contribution in [3.63, 3.8) is 0 Å². The van der Waals surface area contributed by atoms with Crippen LogP contribution in [0.5, 0.6) is 23.3 Å². The Morgan fingerprint density at radius 1 is 0.824 bits per heavy atom. The molecule has 4 aromatic rings. The van der Waals surface area contributed by atoms with Crippen LogP contribution in [0.15, 0.2) is 99.7 Å². The maximum atomic E-state index is 12.6. The molecule has 2 aromatic carbocycles. The van der Waals surface area contributed by atoms with Crippen LogP contribution in [0.4, 0.5) is 4.79 Å². The molecule has 0 aliphatic carbocycles. The lowest BCUT2D eigenvalue weighted by Crippen LogP contribution is -2.40. The van der Waals surface area contributed by atoms with Crippen LogP contribution in [0.1, 0.15) is 58.6 Å². The molecule has 0 saturated carbocycles. The van der Waals surface area contributed by atoms with Gasteiger partial charge in [0.1, 0.15) is 17.1 Å². The van der Waals surface area contributed by atoms with Gasteiger partial charge in [-0.3, -0.25) is 4.57 Å². The summed E-state index contributed by atoms with van der Waals surface area (Å²) in [5.41, 5.74) is 2.76. The molecule has 0 atom stereocenters. The zero-order chi connectivity index (χ0) is 36.9. The van der Waals surface area contributed by atoms with Gasteiger partial charge in [-0.2, -0.15) is 0 Å². The number of nitrogens with zero attached hydrogens (tertiary/aromatic N) is 3. The number of hydrogen-bond donors (Lipinski definition) is 0. The van der Waals surface area contributed by atoms with Gasteiger partial charge in [-0.1, -0.05) is 35.9 Å². The van der Waals surface area contributed by atoms with E-state index in [0.29, 0.717) is 43.8 Å². The Morgan fingerprint density at radius 3 is 1.88 bits per heavy atom. The average Bonchev–Trinajstić information content (AvgIpc) is 3.07. The highest BCUT2D eigenvalue weighted by molar-refractivity contribution is 9.10. The van der Waals surface area contributed by atoms with Crippen LogP contribution in [0.2, 0.25) is 0 Å². The third-order valence-electron chi connectivity index (χ3n) is 7.06. The van der Waals surface area contributed by atoms with E-state index in [1.807, 2.05) is 81.4 Å². The first kappa shape index (κ1) is 40.2. The summed E-state index contributed by atoms with van der Waals surface area (Å²) in [4.78, 5) is 22.4. The number of aromatic nitrogens is 2. The predicted molar refractivity (Wildman–Crippen MR) is 206 cm³/mol. The smallest absolute Gasteiger partial charge is 0.410 e. The molecule has 0 spiro atoms. The Kier molecular flexibility index (Phi) is 15.3. The van der Waals surface area contributed by atoms with Gasteiger partial charge >= 0.3 is 13.7 Å². The molecule has 0 radical (unpaired) electrons. The summed E-state index contributed by atoms with van der Waals surface area (Å²) in [5.74, 6) is 2.41. The summed E-state index contributed by atoms with van der Waals surface area (Å²) >= 11 is 6.69. The SMILES string of the molecule is CC(C)(C)OC(=O)N1CCC(=Cc2cccc(Oc3ccc(Br)cn3)c2)CC1.CCOP(=O)(Cc1cccc(Oc2ccc(Br)cn2)c1)OCC. The number of carbonyl (C=O) groups is 1. The zero-order valence-corrected chi connectivity index (χ0v) is 33.6. The average molecular weight is 846 g/mol. The Hall–Kier alpha value is -3.54. The van der Waals surface area contributed by atoms with Crippen molar-refractivity contribution in [2.45, 2.75) is 59.2 Å². The molecule has 3 heterocycles. The maximum Gasteiger partial charge on any atom is 0.410 e. The van der Waals surface area contributed by atoms with Crippen LogP contribution >= 0.6 is 39.5 Å². The van der Waals surface area contributed by atoms with Crippen LogP contribution in [0, 0.1) is 0 Å². The Bertz CT molecular complexity index is 1780. The number of piperidine rings is 1. The number of rotatable bonds is 11. The number of likely N-dealkylation sites (tertiary alicyclic amines) is 1. The van der Waals surface area contributed by atoms with Crippen molar-refractivity contribution in [3.8, 4) is 23.3 Å². The molecule has 1 fully saturated rings. The van der Waals surface area contributed by atoms with E-state index < -0.39 is 13.2 Å². The van der Waals surface area contributed by atoms with Crippen LogP contribution in [0.3, 0.4) is 0 Å². The van der Waals surface area contributed by atoms with Crippen molar-refractivity contribution in [1.29, 1.82) is 0 Å². The molecule has 13 heteroatoms. The Morgan fingerprint density at radius 2 is 1.37 bits per heavy atom. The molecule has 1 saturated heterocycles. The minimum absolute atomic E-state index is 0.208. The second kappa shape index (κ2) is 19.3. The quantitative estimate of drug-likeness (QED) is 0.136. The van der Waals surface area contributed by atoms with Crippen molar-refractivity contribution >= 4 is 51.6 Å². The molecule has 1 aliphatic rings. The largest absolute Gasteiger partial charge is 0.444 e. The van der Waals surface area contributed by atoms with Crippen LogP contribution in [-0.2, 0) is 24.5 Å². The minimum Gasteiger partial charge on any atom is -0.444 e. The summed E-state index contributed by atoms with van der Waals surface area (Å²) in [6, 6.07) is 22.6. The third kappa shape index (κ3) is 14.2. The van der Waals surface area contributed by atoms with Gasteiger partial charge in [0.05, 0.1) is 19.4 Å². The minimum atomic E-state index is -3.13. The molecule has 2 aromatic heterocycles. The molecule has 1 amide bonds. The summed E-state index contributed by atoms with van der Waals surface area (Å²) in [6.45, 7) is 11.3. The standard InChI is InChI=1S/C22H25BrN2O3.C16H19BrNO4P/c1-22(2,3)28-21(26)25-11-9-16(10-12-25)13-17-5-4-6-19(14-17)27-20-8-7-18(23)15-24-20;1-3-20-23(19,21-4-2)12-13-6-5-7-15(10-13)22-16-9-8-14(17)11-18-16/h4-8,13-15H,9-12H2,1-3H3;5-11H,3-4,12H2,1-2H3. The first-order valence-corrected chi connectivity index (χ1v) is 20.0. The zero-order valence-electron chi connectivity index (χ0n) is 29.5. The molecule has 51 heavy (non-hydrogen) atoms. The van der Waals surface area contributed by atoms with Crippen molar-refractivity contribution in [3.05, 3.63) is 111 Å². The number of pyridine rings is 2. The fraction of sp³-hybridized carbons (Fsp3) is 0.342. The number of hydrogen-bond acceptors (Lipinski definition) is 9. The fourth-order valence-electron chi connectivity index (χ4n) is 4.89. The van der Waals surface area contributed by atoms with Crippen molar-refractivity contribution in [2.24, 2.45) is 0 Å². The van der Waals surface area contributed by atoms with Crippen molar-refractivity contribution < 1.29 is 32.6 Å². The number of carbonyl (C=O) groups excluding carboxylic acids is 1. The van der Waals surface area contributed by atoms with E-state index in [0.717, 1.165) is 38.7 Å². The second-order valence-corrected chi connectivity index (χ2v) is 16.3. The lowest BCUT2D eigenvalue weighted by molar-refractivity contribution is 0.0236. The summed E-state index contributed by atoms with van der Waals surface area (Å²) in [6.07, 6.45) is 7.21. The van der Waals surface area contributed by atoms with Gasteiger partial charge in [-0.25, -0.2) is 14.8 Å². The van der Waals surface area contributed by atoms with E-state index in [9.17, 15) is 9.36 Å². The van der Waals surface area contributed by atoms with Crippen LogP contribution in [-0.4, -0.2) is 52.9 Å². The Balaban J connectivity index is 0.000000233. The van der Waals surface area contributed by atoms with Crippen LogP contribution in [0.25, 0.3) is 6.08 Å². The van der Waals surface area contributed by atoms with E-state index in [4.69, 9.17) is 23.3 Å². The number of amides is 1. The number of benzene rings is 2. The van der Waals surface area contributed by atoms with E-state index in [1.54, 1.807) is 37.2 Å². The topological polar surface area (TPSA) is 109 Å². The normalized spacial score (nSPS) is 13.2. The first-order chi connectivity index (χ1) is 24.3. The van der Waals surface area contributed by atoms with Crippen molar-refractivity contribution in [2.75, 3.05) is 26.3 Å². The molecule has 1 aliphatic heterocycles. The van der Waals surface area contributed by atoms with E-state index in [1.165, 1.54) is 5.57 Å². The van der Waals surface area contributed by atoms with E-state index in [-0.39, 0.29) is 12.3 Å². The van der Waals surface area contributed by atoms with Gasteiger partial charge in [0.25, 0.3) is 0 Å². The van der Waals surface area contributed by atoms with Gasteiger partial charge in [0.2, 0.25) is 11.8 Å². The van der Waals surface area contributed by atoms with Gasteiger partial charge in [0.15, 0.2) is 0 Å². The molecular formula is C38H44Br2N3O7P. The molecular weight excluding hydrogens is 801 g/mol. The first-order valence-electron chi connectivity index (χ1n) is 16.7. The van der Waals surface area contributed by atoms with E-state index >= 15 is 0 Å². The third-order valence-corrected chi connectivity index (χ3v) is 10.1. The summed E-state index contributed by atoms with van der Waals surface area (Å²) in [5, 5.41) is 0. The molecule has 0 N–H and O–H groups in total. The van der Waals surface area contributed by atoms with Gasteiger partial charge in [0, 0.05) is 46.6 Å². The highest BCUT2D eigenvalue weighted by Gasteiger charge is 2.25.